The number of carbonyl (C=O) groups excluding carboxylic acids is 2. The predicted octanol–water partition coefficient (Wildman–Crippen LogP) is 2.57. The van der Waals surface area contributed by atoms with Gasteiger partial charge < -0.3 is 9.47 Å². The van der Waals surface area contributed by atoms with Gasteiger partial charge in [-0.05, 0) is 37.0 Å². The van der Waals surface area contributed by atoms with Crippen LogP contribution in [0, 0.1) is 23.7 Å². The maximum atomic E-state index is 11.0. The lowest BCUT2D eigenvalue weighted by atomic mass is 10.2. The van der Waals surface area contributed by atoms with E-state index in [9.17, 15) is 9.59 Å². The first kappa shape index (κ1) is 19.3. The molecule has 0 aromatic heterocycles. The van der Waals surface area contributed by atoms with Gasteiger partial charge in [-0.2, -0.15) is 0 Å². The van der Waals surface area contributed by atoms with Crippen molar-refractivity contribution < 1.29 is 19.1 Å². The summed E-state index contributed by atoms with van der Waals surface area (Å²) in [5.41, 5.74) is 0. The molecule has 0 bridgehead atoms. The van der Waals surface area contributed by atoms with Gasteiger partial charge in [0.1, 0.15) is 6.10 Å². The molecule has 0 aromatic rings. The second-order valence-electron chi connectivity index (χ2n) is 4.06. The number of rotatable bonds is 6. The third kappa shape index (κ3) is 13.7. The van der Waals surface area contributed by atoms with Crippen molar-refractivity contribution in [1.82, 2.24) is 0 Å². The van der Waals surface area contributed by atoms with E-state index in [1.807, 2.05) is 13.0 Å². The average Bonchev–Trinajstić information content (AvgIpc) is 2.44. The Morgan fingerprint density at radius 2 is 1.73 bits per heavy atom. The minimum absolute atomic E-state index is 0.196. The smallest absolute Gasteiger partial charge is 0.303 e. The van der Waals surface area contributed by atoms with E-state index in [0.717, 1.165) is 0 Å². The Hall–Kier alpha value is -2.72. The molecule has 0 spiro atoms. The quantitative estimate of drug-likeness (QED) is 0.430. The van der Waals surface area contributed by atoms with Crippen LogP contribution in [0.5, 0.6) is 0 Å². The minimum atomic E-state index is -0.441. The highest BCUT2D eigenvalue weighted by Gasteiger charge is 2.08. The van der Waals surface area contributed by atoms with Crippen molar-refractivity contribution in [2.45, 2.75) is 33.3 Å². The monoisotopic (exact) mass is 300 g/mol. The molecule has 0 aliphatic heterocycles. The van der Waals surface area contributed by atoms with Crippen LogP contribution in [-0.4, -0.2) is 24.6 Å². The molecule has 0 aromatic carbocycles. The van der Waals surface area contributed by atoms with Crippen LogP contribution in [0.3, 0.4) is 0 Å². The Morgan fingerprint density at radius 3 is 2.32 bits per heavy atom. The summed E-state index contributed by atoms with van der Waals surface area (Å²) in [5.74, 6) is 10.1. The van der Waals surface area contributed by atoms with Crippen LogP contribution >= 0.6 is 0 Å². The highest BCUT2D eigenvalue weighted by molar-refractivity contribution is 5.66. The molecule has 0 saturated carbocycles. The van der Waals surface area contributed by atoms with Gasteiger partial charge in [-0.25, -0.2) is 0 Å². The second-order valence-corrected chi connectivity index (χ2v) is 4.06. The van der Waals surface area contributed by atoms with Crippen LogP contribution in [0.4, 0.5) is 0 Å². The SMILES string of the molecule is CC=CC#CC#CC=CC=C[C@H](CCOC(C)=O)OC(C)=O. The molecule has 4 heteroatoms. The molecule has 22 heavy (non-hydrogen) atoms. The van der Waals surface area contributed by atoms with Gasteiger partial charge in [0.2, 0.25) is 0 Å². The lowest BCUT2D eigenvalue weighted by Crippen LogP contribution is -2.17. The first-order valence-corrected chi connectivity index (χ1v) is 6.82. The molecule has 0 saturated heterocycles. The largest absolute Gasteiger partial charge is 0.466 e. The highest BCUT2D eigenvalue weighted by Crippen LogP contribution is 2.02. The molecule has 0 amide bonds. The van der Waals surface area contributed by atoms with E-state index in [1.165, 1.54) is 13.8 Å². The van der Waals surface area contributed by atoms with Gasteiger partial charge in [0.15, 0.2) is 0 Å². The Labute approximate surface area is 131 Å². The van der Waals surface area contributed by atoms with Crippen LogP contribution < -0.4 is 0 Å². The maximum Gasteiger partial charge on any atom is 0.303 e. The van der Waals surface area contributed by atoms with Gasteiger partial charge in [0.25, 0.3) is 0 Å². The molecule has 1 atom stereocenters. The Kier molecular flexibility index (Phi) is 11.6. The van der Waals surface area contributed by atoms with Crippen molar-refractivity contribution in [2.75, 3.05) is 6.61 Å². The summed E-state index contributed by atoms with van der Waals surface area (Å²) in [4.78, 5) is 21.7. The second kappa shape index (κ2) is 13.3. The van der Waals surface area contributed by atoms with Crippen LogP contribution in [0.25, 0.3) is 0 Å². The molecule has 0 fully saturated rings. The van der Waals surface area contributed by atoms with E-state index >= 15 is 0 Å². The molecular weight excluding hydrogens is 280 g/mol. The van der Waals surface area contributed by atoms with Crippen LogP contribution in [0.2, 0.25) is 0 Å². The van der Waals surface area contributed by atoms with E-state index < -0.39 is 6.10 Å². The van der Waals surface area contributed by atoms with Gasteiger partial charge in [0.05, 0.1) is 6.61 Å². The fraction of sp³-hybridized carbons (Fsp3) is 0.333. The zero-order chi connectivity index (χ0) is 16.6. The molecule has 0 N–H and O–H groups in total. The van der Waals surface area contributed by atoms with Crippen LogP contribution in [-0.2, 0) is 19.1 Å². The van der Waals surface area contributed by atoms with Gasteiger partial charge in [-0.1, -0.05) is 30.1 Å². The summed E-state index contributed by atoms with van der Waals surface area (Å²) >= 11 is 0. The number of allylic oxidation sites excluding steroid dienone is 5. The number of carbonyl (C=O) groups is 2. The van der Waals surface area contributed by atoms with Gasteiger partial charge >= 0.3 is 11.9 Å². The molecular formula is C18H20O4. The maximum absolute atomic E-state index is 11.0. The molecule has 0 rings (SSSR count). The lowest BCUT2D eigenvalue weighted by Gasteiger charge is -2.12. The minimum Gasteiger partial charge on any atom is -0.466 e. The summed E-state index contributed by atoms with van der Waals surface area (Å²) in [5, 5.41) is 0. The zero-order valence-corrected chi connectivity index (χ0v) is 13.1. The first-order chi connectivity index (χ1) is 10.6. The van der Waals surface area contributed by atoms with Crippen LogP contribution in [0.15, 0.2) is 36.5 Å². The van der Waals surface area contributed by atoms with Crippen molar-refractivity contribution in [1.29, 1.82) is 0 Å². The molecule has 116 valence electrons. The number of hydrogen-bond donors (Lipinski definition) is 0. The molecule has 0 heterocycles. The van der Waals surface area contributed by atoms with E-state index in [2.05, 4.69) is 23.7 Å². The van der Waals surface area contributed by atoms with Crippen molar-refractivity contribution in [2.24, 2.45) is 0 Å². The highest BCUT2D eigenvalue weighted by atomic mass is 16.6. The van der Waals surface area contributed by atoms with Crippen molar-refractivity contribution >= 4 is 11.9 Å². The van der Waals surface area contributed by atoms with Gasteiger partial charge in [0, 0.05) is 20.3 Å². The van der Waals surface area contributed by atoms with Gasteiger partial charge in [-0.15, -0.1) is 0 Å². The van der Waals surface area contributed by atoms with E-state index in [-0.39, 0.29) is 18.5 Å². The molecule has 4 nitrogen and oxygen atoms in total. The van der Waals surface area contributed by atoms with E-state index in [0.29, 0.717) is 6.42 Å². The summed E-state index contributed by atoms with van der Waals surface area (Å²) in [7, 11) is 0. The van der Waals surface area contributed by atoms with E-state index in [1.54, 1.807) is 30.4 Å². The predicted molar refractivity (Wildman–Crippen MR) is 85.5 cm³/mol. The topological polar surface area (TPSA) is 52.6 Å². The Balaban J connectivity index is 4.36. The van der Waals surface area contributed by atoms with Crippen LogP contribution in [0.1, 0.15) is 27.2 Å². The fourth-order valence-corrected chi connectivity index (χ4v) is 1.26. The lowest BCUT2D eigenvalue weighted by molar-refractivity contribution is -0.146. The average molecular weight is 300 g/mol. The molecule has 0 aliphatic rings. The number of ether oxygens (including phenoxy) is 2. The molecule has 0 aliphatic carbocycles. The first-order valence-electron chi connectivity index (χ1n) is 6.82. The van der Waals surface area contributed by atoms with Crippen molar-refractivity contribution in [3.63, 3.8) is 0 Å². The third-order valence-corrected chi connectivity index (χ3v) is 2.10. The zero-order valence-electron chi connectivity index (χ0n) is 13.1. The summed E-state index contributed by atoms with van der Waals surface area (Å²) in [6, 6.07) is 0. The number of hydrogen-bond acceptors (Lipinski definition) is 4. The van der Waals surface area contributed by atoms with Crippen molar-refractivity contribution in [3.05, 3.63) is 36.5 Å². The molecule has 0 radical (unpaired) electrons. The molecule has 0 unspecified atom stereocenters. The third-order valence-electron chi connectivity index (χ3n) is 2.10. The summed E-state index contributed by atoms with van der Waals surface area (Å²) < 4.78 is 9.91. The Morgan fingerprint density at radius 1 is 1.05 bits per heavy atom. The van der Waals surface area contributed by atoms with Gasteiger partial charge in [-0.3, -0.25) is 9.59 Å². The summed E-state index contributed by atoms with van der Waals surface area (Å²) in [6.45, 7) is 4.74. The number of esters is 2. The Bertz CT molecular complexity index is 559. The van der Waals surface area contributed by atoms with E-state index in [4.69, 9.17) is 9.47 Å². The fourth-order valence-electron chi connectivity index (χ4n) is 1.26. The summed E-state index contributed by atoms with van der Waals surface area (Å²) in [6.07, 6.45) is 10.3. The normalized spacial score (nSPS) is 11.6. The standard InChI is InChI=1S/C18H20O4/c1-4-5-6-7-8-9-10-11-12-13-18(22-17(3)20)14-15-21-16(2)19/h4-5,10-13,18H,14-15H2,1-3H3/t18-/m1/s1. The van der Waals surface area contributed by atoms with Crippen molar-refractivity contribution in [3.8, 4) is 23.7 Å².